The second kappa shape index (κ2) is 4.00. The SMILES string of the molecule is CCCNC1CC2CC1CC2CC. The number of rotatable bonds is 4. The third-order valence-electron chi connectivity index (χ3n) is 4.18. The maximum absolute atomic E-state index is 3.71. The molecule has 0 aliphatic heterocycles. The van der Waals surface area contributed by atoms with E-state index >= 15 is 0 Å². The summed E-state index contributed by atoms with van der Waals surface area (Å²) in [5.41, 5.74) is 0. The van der Waals surface area contributed by atoms with E-state index in [1.165, 1.54) is 38.6 Å². The van der Waals surface area contributed by atoms with Crippen molar-refractivity contribution in [3.63, 3.8) is 0 Å². The summed E-state index contributed by atoms with van der Waals surface area (Å²) in [6.07, 6.45) is 7.22. The quantitative estimate of drug-likeness (QED) is 0.703. The van der Waals surface area contributed by atoms with Crippen LogP contribution >= 0.6 is 0 Å². The molecular weight excluding hydrogens is 158 g/mol. The van der Waals surface area contributed by atoms with E-state index in [0.717, 1.165) is 23.8 Å². The molecule has 0 amide bonds. The Morgan fingerprint density at radius 2 is 1.92 bits per heavy atom. The second-order valence-corrected chi connectivity index (χ2v) is 4.96. The normalized spacial score (nSPS) is 42.9. The van der Waals surface area contributed by atoms with Crippen LogP contribution in [0, 0.1) is 17.8 Å². The Morgan fingerprint density at radius 3 is 2.46 bits per heavy atom. The van der Waals surface area contributed by atoms with E-state index in [4.69, 9.17) is 0 Å². The molecule has 0 spiro atoms. The molecule has 76 valence electrons. The second-order valence-electron chi connectivity index (χ2n) is 4.96. The van der Waals surface area contributed by atoms with Gasteiger partial charge < -0.3 is 5.32 Å². The molecule has 2 aliphatic carbocycles. The van der Waals surface area contributed by atoms with E-state index < -0.39 is 0 Å². The molecule has 0 saturated heterocycles. The molecule has 2 saturated carbocycles. The van der Waals surface area contributed by atoms with Gasteiger partial charge in [0.2, 0.25) is 0 Å². The Balaban J connectivity index is 1.81. The Morgan fingerprint density at radius 1 is 1.08 bits per heavy atom. The van der Waals surface area contributed by atoms with E-state index in [2.05, 4.69) is 19.2 Å². The van der Waals surface area contributed by atoms with E-state index in [-0.39, 0.29) is 0 Å². The highest BCUT2D eigenvalue weighted by atomic mass is 14.9. The van der Waals surface area contributed by atoms with Crippen molar-refractivity contribution in [1.82, 2.24) is 5.32 Å². The molecule has 1 N–H and O–H groups in total. The van der Waals surface area contributed by atoms with Crippen LogP contribution in [0.4, 0.5) is 0 Å². The molecular formula is C12H23N. The van der Waals surface area contributed by atoms with Gasteiger partial charge in [0.05, 0.1) is 0 Å². The zero-order valence-corrected chi connectivity index (χ0v) is 9.05. The predicted molar refractivity (Wildman–Crippen MR) is 56.7 cm³/mol. The van der Waals surface area contributed by atoms with Crippen LogP contribution in [0.25, 0.3) is 0 Å². The van der Waals surface area contributed by atoms with Crippen molar-refractivity contribution in [3.05, 3.63) is 0 Å². The lowest BCUT2D eigenvalue weighted by molar-refractivity contribution is 0.270. The largest absolute Gasteiger partial charge is 0.314 e. The zero-order valence-electron chi connectivity index (χ0n) is 9.05. The minimum absolute atomic E-state index is 0.882. The van der Waals surface area contributed by atoms with Crippen molar-refractivity contribution in [3.8, 4) is 0 Å². The molecule has 13 heavy (non-hydrogen) atoms. The van der Waals surface area contributed by atoms with Gasteiger partial charge in [0.25, 0.3) is 0 Å². The van der Waals surface area contributed by atoms with Crippen LogP contribution in [-0.2, 0) is 0 Å². The molecule has 2 fully saturated rings. The lowest BCUT2D eigenvalue weighted by Crippen LogP contribution is -2.36. The van der Waals surface area contributed by atoms with Gasteiger partial charge in [-0.3, -0.25) is 0 Å². The summed E-state index contributed by atoms with van der Waals surface area (Å²) in [4.78, 5) is 0. The Kier molecular flexibility index (Phi) is 2.92. The third kappa shape index (κ3) is 1.76. The fourth-order valence-corrected chi connectivity index (χ4v) is 3.47. The van der Waals surface area contributed by atoms with Crippen LogP contribution in [0.2, 0.25) is 0 Å². The van der Waals surface area contributed by atoms with Crippen LogP contribution in [0.1, 0.15) is 46.0 Å². The van der Waals surface area contributed by atoms with Crippen molar-refractivity contribution in [2.75, 3.05) is 6.54 Å². The first-order valence-corrected chi connectivity index (χ1v) is 6.08. The topological polar surface area (TPSA) is 12.0 Å². The molecule has 1 heteroatoms. The van der Waals surface area contributed by atoms with Gasteiger partial charge in [0.1, 0.15) is 0 Å². The minimum atomic E-state index is 0.882. The highest BCUT2D eigenvalue weighted by Crippen LogP contribution is 2.49. The van der Waals surface area contributed by atoms with Crippen molar-refractivity contribution >= 4 is 0 Å². The van der Waals surface area contributed by atoms with Gasteiger partial charge >= 0.3 is 0 Å². The fourth-order valence-electron chi connectivity index (χ4n) is 3.47. The number of fused-ring (bicyclic) bond motifs is 2. The molecule has 0 heterocycles. The fraction of sp³-hybridized carbons (Fsp3) is 1.00. The van der Waals surface area contributed by atoms with E-state index in [9.17, 15) is 0 Å². The molecule has 0 radical (unpaired) electrons. The molecule has 2 bridgehead atoms. The molecule has 0 aromatic carbocycles. The van der Waals surface area contributed by atoms with Gasteiger partial charge in [-0.1, -0.05) is 20.3 Å². The number of hydrogen-bond donors (Lipinski definition) is 1. The van der Waals surface area contributed by atoms with Gasteiger partial charge in [-0.25, -0.2) is 0 Å². The smallest absolute Gasteiger partial charge is 0.00982 e. The monoisotopic (exact) mass is 181 g/mol. The summed E-state index contributed by atoms with van der Waals surface area (Å²) in [6.45, 7) is 5.85. The predicted octanol–water partition coefficient (Wildman–Crippen LogP) is 2.81. The van der Waals surface area contributed by atoms with Crippen molar-refractivity contribution in [2.45, 2.75) is 52.0 Å². The van der Waals surface area contributed by atoms with Crippen LogP contribution < -0.4 is 5.32 Å². The van der Waals surface area contributed by atoms with Crippen LogP contribution in [0.5, 0.6) is 0 Å². The zero-order chi connectivity index (χ0) is 9.26. The van der Waals surface area contributed by atoms with Crippen molar-refractivity contribution < 1.29 is 0 Å². The van der Waals surface area contributed by atoms with Crippen LogP contribution in [0.15, 0.2) is 0 Å². The van der Waals surface area contributed by atoms with E-state index in [0.29, 0.717) is 0 Å². The average molecular weight is 181 g/mol. The Bertz CT molecular complexity index is 167. The lowest BCUT2D eigenvalue weighted by Gasteiger charge is -2.27. The summed E-state index contributed by atoms with van der Waals surface area (Å²) >= 11 is 0. The summed E-state index contributed by atoms with van der Waals surface area (Å²) in [5.74, 6) is 3.18. The van der Waals surface area contributed by atoms with E-state index in [1.807, 2.05) is 0 Å². The van der Waals surface area contributed by atoms with Crippen molar-refractivity contribution in [2.24, 2.45) is 17.8 Å². The molecule has 4 atom stereocenters. The summed E-state index contributed by atoms with van der Waals surface area (Å²) in [7, 11) is 0. The summed E-state index contributed by atoms with van der Waals surface area (Å²) in [6, 6.07) is 0.882. The third-order valence-corrected chi connectivity index (χ3v) is 4.18. The Labute approximate surface area is 82.3 Å². The van der Waals surface area contributed by atoms with Crippen molar-refractivity contribution in [1.29, 1.82) is 0 Å². The molecule has 2 rings (SSSR count). The first-order valence-electron chi connectivity index (χ1n) is 6.08. The van der Waals surface area contributed by atoms with Gasteiger partial charge in [0, 0.05) is 6.04 Å². The average Bonchev–Trinajstić information content (AvgIpc) is 2.72. The molecule has 4 unspecified atom stereocenters. The van der Waals surface area contributed by atoms with Gasteiger partial charge in [-0.2, -0.15) is 0 Å². The first-order chi connectivity index (χ1) is 6.35. The number of nitrogens with one attached hydrogen (secondary N) is 1. The van der Waals surface area contributed by atoms with E-state index in [1.54, 1.807) is 0 Å². The highest BCUT2D eigenvalue weighted by Gasteiger charge is 2.44. The maximum atomic E-state index is 3.71. The van der Waals surface area contributed by atoms with Gasteiger partial charge in [-0.05, 0) is 50.0 Å². The molecule has 1 nitrogen and oxygen atoms in total. The molecule has 2 aliphatic rings. The first kappa shape index (κ1) is 9.51. The van der Waals surface area contributed by atoms with Crippen LogP contribution in [-0.4, -0.2) is 12.6 Å². The molecule has 0 aromatic rings. The Hall–Kier alpha value is -0.0400. The lowest BCUT2D eigenvalue weighted by atomic mass is 9.84. The van der Waals surface area contributed by atoms with Crippen LogP contribution in [0.3, 0.4) is 0 Å². The number of hydrogen-bond acceptors (Lipinski definition) is 1. The minimum Gasteiger partial charge on any atom is -0.314 e. The van der Waals surface area contributed by atoms with Gasteiger partial charge in [-0.15, -0.1) is 0 Å². The van der Waals surface area contributed by atoms with Gasteiger partial charge in [0.15, 0.2) is 0 Å². The maximum Gasteiger partial charge on any atom is 0.00982 e. The highest BCUT2D eigenvalue weighted by molar-refractivity contribution is 4.97. The summed E-state index contributed by atoms with van der Waals surface area (Å²) < 4.78 is 0. The standard InChI is InChI=1S/C12H23N/c1-3-5-13-12-8-10-7-11(12)6-9(10)4-2/h9-13H,3-8H2,1-2H3. The molecule has 0 aromatic heterocycles. The summed E-state index contributed by atoms with van der Waals surface area (Å²) in [5, 5.41) is 3.71.